The van der Waals surface area contributed by atoms with Gasteiger partial charge < -0.3 is 5.32 Å². The first-order valence-electron chi connectivity index (χ1n) is 6.76. The fraction of sp³-hybridized carbons (Fsp3) is 0.643. The van der Waals surface area contributed by atoms with E-state index in [9.17, 15) is 17.6 Å². The van der Waals surface area contributed by atoms with Gasteiger partial charge >= 0.3 is 6.18 Å². The van der Waals surface area contributed by atoms with Gasteiger partial charge in [-0.2, -0.15) is 13.2 Å². The largest absolute Gasteiger partial charge is 0.391 e. The molecular weight excluding hydrogens is 272 g/mol. The highest BCUT2D eigenvalue weighted by Crippen LogP contribution is 2.43. The van der Waals surface area contributed by atoms with Crippen molar-refractivity contribution in [3.63, 3.8) is 0 Å². The third-order valence-electron chi connectivity index (χ3n) is 4.05. The van der Waals surface area contributed by atoms with Crippen LogP contribution < -0.4 is 5.32 Å². The summed E-state index contributed by atoms with van der Waals surface area (Å²) in [4.78, 5) is 3.78. The maximum Gasteiger partial charge on any atom is 0.391 e. The highest BCUT2D eigenvalue weighted by molar-refractivity contribution is 5.16. The quantitative estimate of drug-likeness (QED) is 0.855. The smallest absolute Gasteiger partial charge is 0.313 e. The highest BCUT2D eigenvalue weighted by atomic mass is 19.4. The maximum atomic E-state index is 13.2. The van der Waals surface area contributed by atoms with E-state index in [1.54, 1.807) is 7.05 Å². The van der Waals surface area contributed by atoms with Crippen LogP contribution in [0.3, 0.4) is 0 Å². The zero-order valence-corrected chi connectivity index (χ0v) is 11.3. The summed E-state index contributed by atoms with van der Waals surface area (Å²) in [6, 6.07) is 1.05. The Morgan fingerprint density at radius 2 is 2.05 bits per heavy atom. The molecule has 0 amide bonds. The van der Waals surface area contributed by atoms with Gasteiger partial charge in [0, 0.05) is 12.2 Å². The van der Waals surface area contributed by atoms with Gasteiger partial charge in [0.1, 0.15) is 5.82 Å². The maximum absolute atomic E-state index is 13.2. The van der Waals surface area contributed by atoms with Crippen LogP contribution in [0.5, 0.6) is 0 Å². The van der Waals surface area contributed by atoms with Crippen LogP contribution in [0, 0.1) is 17.7 Å². The Morgan fingerprint density at radius 1 is 1.30 bits per heavy atom. The van der Waals surface area contributed by atoms with E-state index in [0.29, 0.717) is 18.4 Å². The normalized spacial score (nSPS) is 25.4. The molecule has 0 radical (unpaired) electrons. The summed E-state index contributed by atoms with van der Waals surface area (Å²) in [6.45, 7) is 0. The highest BCUT2D eigenvalue weighted by Gasteiger charge is 2.43. The van der Waals surface area contributed by atoms with Crippen molar-refractivity contribution in [1.82, 2.24) is 10.3 Å². The Kier molecular flexibility index (Phi) is 4.62. The molecule has 20 heavy (non-hydrogen) atoms. The molecule has 0 saturated heterocycles. The van der Waals surface area contributed by atoms with Crippen LogP contribution in [-0.4, -0.2) is 18.2 Å². The molecule has 2 nitrogen and oxygen atoms in total. The molecule has 6 heteroatoms. The Bertz CT molecular complexity index is 447. The average molecular weight is 290 g/mol. The molecule has 112 valence electrons. The van der Waals surface area contributed by atoms with E-state index in [2.05, 4.69) is 10.3 Å². The summed E-state index contributed by atoms with van der Waals surface area (Å²) in [6.07, 6.45) is 0.0158. The Balaban J connectivity index is 2.15. The van der Waals surface area contributed by atoms with Gasteiger partial charge in [-0.3, -0.25) is 4.98 Å². The van der Waals surface area contributed by atoms with Crippen LogP contribution in [0.15, 0.2) is 18.5 Å². The van der Waals surface area contributed by atoms with E-state index in [4.69, 9.17) is 0 Å². The molecule has 1 N–H and O–H groups in total. The number of hydrogen-bond donors (Lipinski definition) is 1. The summed E-state index contributed by atoms with van der Waals surface area (Å²) in [7, 11) is 1.69. The molecule has 1 fully saturated rings. The van der Waals surface area contributed by atoms with Crippen LogP contribution in [0.2, 0.25) is 0 Å². The fourth-order valence-electron chi connectivity index (χ4n) is 3.10. The second-order valence-corrected chi connectivity index (χ2v) is 5.37. The number of rotatable bonds is 3. The monoisotopic (exact) mass is 290 g/mol. The van der Waals surface area contributed by atoms with Gasteiger partial charge in [0.05, 0.1) is 12.1 Å². The van der Waals surface area contributed by atoms with Crippen molar-refractivity contribution in [3.05, 3.63) is 29.8 Å². The molecule has 1 aromatic rings. The molecule has 0 bridgehead atoms. The molecule has 0 aromatic carbocycles. The first kappa shape index (κ1) is 15.2. The zero-order valence-electron chi connectivity index (χ0n) is 11.3. The van der Waals surface area contributed by atoms with Gasteiger partial charge in [0.25, 0.3) is 0 Å². The van der Waals surface area contributed by atoms with Crippen LogP contribution in [0.4, 0.5) is 17.6 Å². The zero-order chi connectivity index (χ0) is 14.8. The van der Waals surface area contributed by atoms with Crippen molar-refractivity contribution in [2.75, 3.05) is 7.05 Å². The standard InChI is InChI=1S/C14H18F4N2/c1-19-13(10-6-12(15)8-20-7-10)9-3-2-4-11(5-9)14(16,17)18/h6-9,11,13,19H,2-5H2,1H3. The van der Waals surface area contributed by atoms with Crippen molar-refractivity contribution in [2.24, 2.45) is 11.8 Å². The van der Waals surface area contributed by atoms with Gasteiger partial charge in [-0.25, -0.2) is 4.39 Å². The topological polar surface area (TPSA) is 24.9 Å². The molecule has 3 atom stereocenters. The van der Waals surface area contributed by atoms with Crippen LogP contribution in [0.25, 0.3) is 0 Å². The SMILES string of the molecule is CNC(c1cncc(F)c1)C1CCCC(C(F)(F)F)C1. The summed E-state index contributed by atoms with van der Waals surface area (Å²) >= 11 is 0. The van der Waals surface area contributed by atoms with E-state index in [0.717, 1.165) is 6.20 Å². The summed E-state index contributed by atoms with van der Waals surface area (Å²) in [5.74, 6) is -1.87. The lowest BCUT2D eigenvalue weighted by Gasteiger charge is -2.35. The molecular formula is C14H18F4N2. The van der Waals surface area contributed by atoms with Gasteiger partial charge in [-0.1, -0.05) is 6.42 Å². The first-order valence-corrected chi connectivity index (χ1v) is 6.76. The van der Waals surface area contributed by atoms with Gasteiger partial charge in [0.15, 0.2) is 0 Å². The number of halogens is 4. The molecule has 1 heterocycles. The van der Waals surface area contributed by atoms with Crippen LogP contribution >= 0.6 is 0 Å². The minimum absolute atomic E-state index is 0.0888. The lowest BCUT2D eigenvalue weighted by molar-refractivity contribution is -0.186. The second kappa shape index (κ2) is 6.08. The molecule has 1 aliphatic rings. The van der Waals surface area contributed by atoms with Crippen molar-refractivity contribution < 1.29 is 17.6 Å². The average Bonchev–Trinajstić information content (AvgIpc) is 2.39. The molecule has 2 rings (SSSR count). The Hall–Kier alpha value is -1.17. The van der Waals surface area contributed by atoms with Crippen molar-refractivity contribution in [2.45, 2.75) is 37.9 Å². The number of aromatic nitrogens is 1. The Morgan fingerprint density at radius 3 is 2.65 bits per heavy atom. The molecule has 3 unspecified atom stereocenters. The third-order valence-corrected chi connectivity index (χ3v) is 4.05. The van der Waals surface area contributed by atoms with Gasteiger partial charge in [0.2, 0.25) is 0 Å². The van der Waals surface area contributed by atoms with Crippen LogP contribution in [-0.2, 0) is 0 Å². The summed E-state index contributed by atoms with van der Waals surface area (Å²) in [5.41, 5.74) is 0.611. The van der Waals surface area contributed by atoms with E-state index in [-0.39, 0.29) is 24.8 Å². The lowest BCUT2D eigenvalue weighted by Crippen LogP contribution is -2.34. The van der Waals surface area contributed by atoms with Gasteiger partial charge in [-0.05, 0) is 43.9 Å². The second-order valence-electron chi connectivity index (χ2n) is 5.37. The minimum atomic E-state index is -4.14. The van der Waals surface area contributed by atoms with Crippen LogP contribution in [0.1, 0.15) is 37.3 Å². The molecule has 1 saturated carbocycles. The first-order chi connectivity index (χ1) is 9.41. The van der Waals surface area contributed by atoms with E-state index >= 15 is 0 Å². The molecule has 0 spiro atoms. The number of hydrogen-bond acceptors (Lipinski definition) is 2. The number of pyridine rings is 1. The lowest BCUT2D eigenvalue weighted by atomic mass is 9.76. The fourth-order valence-corrected chi connectivity index (χ4v) is 3.10. The van der Waals surface area contributed by atoms with Crippen molar-refractivity contribution in [1.29, 1.82) is 0 Å². The van der Waals surface area contributed by atoms with E-state index in [1.165, 1.54) is 12.3 Å². The summed E-state index contributed by atoms with van der Waals surface area (Å²) < 4.78 is 51.8. The molecule has 0 aliphatic heterocycles. The predicted octanol–water partition coefficient (Wildman–Crippen LogP) is 3.85. The molecule has 1 aromatic heterocycles. The van der Waals surface area contributed by atoms with Gasteiger partial charge in [-0.15, -0.1) is 0 Å². The minimum Gasteiger partial charge on any atom is -0.313 e. The summed E-state index contributed by atoms with van der Waals surface area (Å²) in [5, 5.41) is 3.01. The number of nitrogens with zero attached hydrogens (tertiary/aromatic N) is 1. The third kappa shape index (κ3) is 3.48. The van der Waals surface area contributed by atoms with Crippen molar-refractivity contribution >= 4 is 0 Å². The molecule has 1 aliphatic carbocycles. The number of nitrogens with one attached hydrogen (secondary N) is 1. The van der Waals surface area contributed by atoms with E-state index in [1.807, 2.05) is 0 Å². The van der Waals surface area contributed by atoms with E-state index < -0.39 is 17.9 Å². The Labute approximate surface area is 115 Å². The number of alkyl halides is 3. The predicted molar refractivity (Wildman–Crippen MR) is 67.5 cm³/mol. The van der Waals surface area contributed by atoms with Crippen molar-refractivity contribution in [3.8, 4) is 0 Å².